The molecule has 0 aliphatic carbocycles. The molecule has 124 valence electrons. The first-order chi connectivity index (χ1) is 11.0. The normalized spacial score (nSPS) is 18.0. The molecule has 0 bridgehead atoms. The zero-order chi connectivity index (χ0) is 16.4. The van der Waals surface area contributed by atoms with Gasteiger partial charge in [0.1, 0.15) is 5.76 Å². The van der Waals surface area contributed by atoms with Crippen molar-refractivity contribution in [3.63, 3.8) is 0 Å². The molecule has 0 aromatic carbocycles. The van der Waals surface area contributed by atoms with Crippen molar-refractivity contribution >= 4 is 11.7 Å². The largest absolute Gasteiger partial charge is 0.360 e. The van der Waals surface area contributed by atoms with E-state index in [4.69, 9.17) is 4.52 Å². The monoisotopic (exact) mass is 317 g/mol. The smallest absolute Gasteiger partial charge is 0.242 e. The molecule has 1 aliphatic rings. The van der Waals surface area contributed by atoms with Crippen LogP contribution >= 0.6 is 0 Å². The molecule has 7 heteroatoms. The van der Waals surface area contributed by atoms with Gasteiger partial charge < -0.3 is 9.84 Å². The van der Waals surface area contributed by atoms with E-state index in [1.165, 1.54) is 5.56 Å². The van der Waals surface area contributed by atoms with Gasteiger partial charge in [-0.2, -0.15) is 5.10 Å². The zero-order valence-corrected chi connectivity index (χ0v) is 13.8. The Balaban J connectivity index is 1.53. The Morgan fingerprint density at radius 2 is 2.17 bits per heavy atom. The van der Waals surface area contributed by atoms with E-state index in [1.54, 1.807) is 13.0 Å². The predicted octanol–water partition coefficient (Wildman–Crippen LogP) is 1.92. The highest BCUT2D eigenvalue weighted by molar-refractivity contribution is 5.93. The predicted molar refractivity (Wildman–Crippen MR) is 86.1 cm³/mol. The van der Waals surface area contributed by atoms with E-state index in [2.05, 4.69) is 26.7 Å². The van der Waals surface area contributed by atoms with Crippen molar-refractivity contribution in [1.82, 2.24) is 19.8 Å². The molecule has 1 N–H and O–H groups in total. The summed E-state index contributed by atoms with van der Waals surface area (Å²) < 4.78 is 6.81. The molecule has 0 radical (unpaired) electrons. The van der Waals surface area contributed by atoms with Gasteiger partial charge in [-0.15, -0.1) is 0 Å². The maximum Gasteiger partial charge on any atom is 0.242 e. The van der Waals surface area contributed by atoms with Crippen molar-refractivity contribution < 1.29 is 9.32 Å². The van der Waals surface area contributed by atoms with Gasteiger partial charge in [0.15, 0.2) is 5.82 Å². The van der Waals surface area contributed by atoms with Gasteiger partial charge >= 0.3 is 0 Å². The van der Waals surface area contributed by atoms with Gasteiger partial charge in [-0.05, 0) is 51.3 Å². The highest BCUT2D eigenvalue weighted by atomic mass is 16.5. The van der Waals surface area contributed by atoms with Crippen LogP contribution in [0.5, 0.6) is 0 Å². The summed E-state index contributed by atoms with van der Waals surface area (Å²) in [5, 5.41) is 10.9. The first kappa shape index (κ1) is 15.7. The summed E-state index contributed by atoms with van der Waals surface area (Å²) in [5.74, 6) is 1.65. The zero-order valence-electron chi connectivity index (χ0n) is 13.8. The second kappa shape index (κ2) is 6.54. The fourth-order valence-corrected chi connectivity index (χ4v) is 3.09. The molecule has 1 amide bonds. The third-order valence-corrected chi connectivity index (χ3v) is 4.53. The summed E-state index contributed by atoms with van der Waals surface area (Å²) in [6.45, 7) is 5.56. The van der Waals surface area contributed by atoms with Crippen molar-refractivity contribution in [3.05, 3.63) is 29.8 Å². The van der Waals surface area contributed by atoms with E-state index in [1.807, 2.05) is 24.9 Å². The van der Waals surface area contributed by atoms with Crippen LogP contribution in [0.25, 0.3) is 0 Å². The van der Waals surface area contributed by atoms with Gasteiger partial charge in [0.2, 0.25) is 5.91 Å². The Hall–Kier alpha value is -2.15. The molecule has 2 aromatic heterocycles. The number of amides is 1. The third-order valence-electron chi connectivity index (χ3n) is 4.53. The Labute approximate surface area is 135 Å². The molecule has 0 unspecified atom stereocenters. The van der Waals surface area contributed by atoms with Gasteiger partial charge in [-0.1, -0.05) is 5.16 Å². The average Bonchev–Trinajstić information content (AvgIpc) is 3.15. The first-order valence-electron chi connectivity index (χ1n) is 7.99. The van der Waals surface area contributed by atoms with Crippen LogP contribution in [0.4, 0.5) is 5.82 Å². The lowest BCUT2D eigenvalue weighted by Crippen LogP contribution is -2.45. The lowest BCUT2D eigenvalue weighted by molar-refractivity contribution is -0.121. The Bertz CT molecular complexity index is 670. The van der Waals surface area contributed by atoms with E-state index in [0.717, 1.165) is 25.9 Å². The summed E-state index contributed by atoms with van der Waals surface area (Å²) in [4.78, 5) is 14.5. The first-order valence-corrected chi connectivity index (χ1v) is 7.99. The molecule has 1 atom stereocenters. The standard InChI is InChI=1S/C16H23N5O2/c1-11-8-15(19-23-11)18-16(22)12(2)21-6-4-13(5-7-21)14-9-17-20(3)10-14/h8-10,12-13H,4-7H2,1-3H3,(H,18,19,22)/t12-/m0/s1. The molecule has 0 saturated carbocycles. The number of aryl methyl sites for hydroxylation is 2. The quantitative estimate of drug-likeness (QED) is 0.932. The summed E-state index contributed by atoms with van der Waals surface area (Å²) in [5.41, 5.74) is 1.29. The van der Waals surface area contributed by atoms with Gasteiger partial charge in [-0.3, -0.25) is 14.4 Å². The Kier molecular flexibility index (Phi) is 4.47. The van der Waals surface area contributed by atoms with Crippen LogP contribution in [0.2, 0.25) is 0 Å². The molecule has 2 aromatic rings. The highest BCUT2D eigenvalue weighted by Crippen LogP contribution is 2.28. The van der Waals surface area contributed by atoms with Crippen LogP contribution in [0.15, 0.2) is 23.0 Å². The number of nitrogens with zero attached hydrogens (tertiary/aromatic N) is 4. The minimum Gasteiger partial charge on any atom is -0.360 e. The Morgan fingerprint density at radius 1 is 1.43 bits per heavy atom. The molecule has 3 rings (SSSR count). The molecule has 0 spiro atoms. The number of rotatable bonds is 4. The second-order valence-corrected chi connectivity index (χ2v) is 6.25. The van der Waals surface area contributed by atoms with E-state index in [0.29, 0.717) is 17.5 Å². The maximum atomic E-state index is 12.3. The summed E-state index contributed by atoms with van der Waals surface area (Å²) in [7, 11) is 1.94. The summed E-state index contributed by atoms with van der Waals surface area (Å²) >= 11 is 0. The van der Waals surface area contributed by atoms with Crippen molar-refractivity contribution in [3.8, 4) is 0 Å². The number of carbonyl (C=O) groups excluding carboxylic acids is 1. The molecule has 1 fully saturated rings. The van der Waals surface area contributed by atoms with Crippen LogP contribution in [0, 0.1) is 6.92 Å². The number of piperidine rings is 1. The van der Waals surface area contributed by atoms with Gasteiger partial charge in [0.05, 0.1) is 12.2 Å². The molecular formula is C16H23N5O2. The van der Waals surface area contributed by atoms with Crippen LogP contribution in [-0.4, -0.2) is 44.9 Å². The van der Waals surface area contributed by atoms with E-state index in [-0.39, 0.29) is 11.9 Å². The number of carbonyl (C=O) groups is 1. The van der Waals surface area contributed by atoms with E-state index >= 15 is 0 Å². The molecule has 1 saturated heterocycles. The van der Waals surface area contributed by atoms with Crippen LogP contribution in [0.1, 0.15) is 37.0 Å². The third kappa shape index (κ3) is 3.61. The number of hydrogen-bond acceptors (Lipinski definition) is 5. The topological polar surface area (TPSA) is 76.2 Å². The number of anilines is 1. The van der Waals surface area contributed by atoms with Crippen molar-refractivity contribution in [2.45, 2.75) is 38.6 Å². The number of nitrogens with one attached hydrogen (secondary N) is 1. The maximum absolute atomic E-state index is 12.3. The molecular weight excluding hydrogens is 294 g/mol. The minimum absolute atomic E-state index is 0.0434. The van der Waals surface area contributed by atoms with Crippen LogP contribution in [0.3, 0.4) is 0 Å². The van der Waals surface area contributed by atoms with Crippen LogP contribution in [-0.2, 0) is 11.8 Å². The number of hydrogen-bond donors (Lipinski definition) is 1. The van der Waals surface area contributed by atoms with Gasteiger partial charge in [0.25, 0.3) is 0 Å². The number of aromatic nitrogens is 3. The van der Waals surface area contributed by atoms with E-state index in [9.17, 15) is 4.79 Å². The second-order valence-electron chi connectivity index (χ2n) is 6.25. The number of likely N-dealkylation sites (tertiary alicyclic amines) is 1. The van der Waals surface area contributed by atoms with Gasteiger partial charge in [0, 0.05) is 19.3 Å². The average molecular weight is 317 g/mol. The highest BCUT2D eigenvalue weighted by Gasteiger charge is 2.28. The Morgan fingerprint density at radius 3 is 2.74 bits per heavy atom. The fourth-order valence-electron chi connectivity index (χ4n) is 3.09. The summed E-state index contributed by atoms with van der Waals surface area (Å²) in [6, 6.07) is 1.54. The molecule has 23 heavy (non-hydrogen) atoms. The van der Waals surface area contributed by atoms with Crippen LogP contribution < -0.4 is 5.32 Å². The van der Waals surface area contributed by atoms with Crippen molar-refractivity contribution in [2.75, 3.05) is 18.4 Å². The summed E-state index contributed by atoms with van der Waals surface area (Å²) in [6.07, 6.45) is 6.13. The molecule has 1 aliphatic heterocycles. The lowest BCUT2D eigenvalue weighted by Gasteiger charge is -2.34. The van der Waals surface area contributed by atoms with Gasteiger partial charge in [-0.25, -0.2) is 0 Å². The fraction of sp³-hybridized carbons (Fsp3) is 0.562. The molecule has 7 nitrogen and oxygen atoms in total. The van der Waals surface area contributed by atoms with E-state index < -0.39 is 0 Å². The van der Waals surface area contributed by atoms with Crippen molar-refractivity contribution in [2.24, 2.45) is 7.05 Å². The minimum atomic E-state index is -0.179. The molecule has 3 heterocycles. The lowest BCUT2D eigenvalue weighted by atomic mass is 9.91. The van der Waals surface area contributed by atoms with Crippen molar-refractivity contribution in [1.29, 1.82) is 0 Å². The SMILES string of the molecule is Cc1cc(NC(=O)[C@H](C)N2CCC(c3cnn(C)c3)CC2)no1.